The van der Waals surface area contributed by atoms with E-state index in [1.165, 1.54) is 0 Å². The van der Waals surface area contributed by atoms with Crippen molar-refractivity contribution in [2.45, 2.75) is 12.5 Å². The lowest BCUT2D eigenvalue weighted by atomic mass is 9.99. The van der Waals surface area contributed by atoms with E-state index in [2.05, 4.69) is 49.4 Å². The van der Waals surface area contributed by atoms with Crippen LogP contribution < -0.4 is 16.0 Å². The normalized spacial score (nSPS) is 12.2. The Labute approximate surface area is 135 Å². The van der Waals surface area contributed by atoms with E-state index in [0.717, 1.165) is 32.2 Å². The van der Waals surface area contributed by atoms with Crippen molar-refractivity contribution < 1.29 is 4.74 Å². The maximum Gasteiger partial charge on any atom is 0.122 e. The van der Waals surface area contributed by atoms with Gasteiger partial charge in [-0.25, -0.2) is 0 Å². The first-order chi connectivity index (χ1) is 9.65. The minimum atomic E-state index is -0.00169. The highest BCUT2D eigenvalue weighted by Gasteiger charge is 2.16. The molecule has 0 amide bonds. The summed E-state index contributed by atoms with van der Waals surface area (Å²) in [7, 11) is 1.68. The minimum Gasteiger partial charge on any atom is -0.496 e. The van der Waals surface area contributed by atoms with Crippen LogP contribution in [0.4, 0.5) is 0 Å². The van der Waals surface area contributed by atoms with Gasteiger partial charge < -0.3 is 4.74 Å². The van der Waals surface area contributed by atoms with E-state index in [1.807, 2.05) is 30.3 Å². The van der Waals surface area contributed by atoms with Crippen molar-refractivity contribution >= 4 is 31.9 Å². The van der Waals surface area contributed by atoms with Crippen LogP contribution in [0, 0.1) is 0 Å². The van der Waals surface area contributed by atoms with Gasteiger partial charge in [-0.1, -0.05) is 50.1 Å². The lowest BCUT2D eigenvalue weighted by Crippen LogP contribution is -2.30. The van der Waals surface area contributed by atoms with Gasteiger partial charge in [0, 0.05) is 8.95 Å². The first-order valence-corrected chi connectivity index (χ1v) is 7.77. The van der Waals surface area contributed by atoms with E-state index in [9.17, 15) is 0 Å². The van der Waals surface area contributed by atoms with Crippen LogP contribution in [-0.2, 0) is 6.42 Å². The van der Waals surface area contributed by atoms with Crippen LogP contribution in [0.1, 0.15) is 17.2 Å². The molecule has 0 spiro atoms. The Kier molecular flexibility index (Phi) is 5.60. The number of nitrogens with two attached hydrogens (primary N) is 1. The fraction of sp³-hybridized carbons (Fsp3) is 0.200. The number of para-hydroxylation sites is 1. The van der Waals surface area contributed by atoms with E-state index in [4.69, 9.17) is 10.6 Å². The summed E-state index contributed by atoms with van der Waals surface area (Å²) in [6.07, 6.45) is 0.746. The quantitative estimate of drug-likeness (QED) is 0.590. The molecule has 1 unspecified atom stereocenters. The molecule has 0 radical (unpaired) electrons. The zero-order valence-corrected chi connectivity index (χ0v) is 14.2. The van der Waals surface area contributed by atoms with Gasteiger partial charge in [0.2, 0.25) is 0 Å². The van der Waals surface area contributed by atoms with Crippen LogP contribution in [-0.4, -0.2) is 7.11 Å². The summed E-state index contributed by atoms with van der Waals surface area (Å²) in [6.45, 7) is 0. The maximum atomic E-state index is 5.74. The molecule has 0 heterocycles. The third kappa shape index (κ3) is 3.61. The second-order valence-corrected chi connectivity index (χ2v) is 6.17. The Morgan fingerprint density at radius 2 is 1.95 bits per heavy atom. The molecule has 20 heavy (non-hydrogen) atoms. The van der Waals surface area contributed by atoms with Gasteiger partial charge in [-0.05, 0) is 41.8 Å². The molecular formula is C15H16Br2N2O. The number of benzene rings is 2. The number of hydrazine groups is 1. The van der Waals surface area contributed by atoms with Gasteiger partial charge in [0.05, 0.1) is 13.2 Å². The molecule has 0 saturated heterocycles. The number of nitrogens with one attached hydrogen (secondary N) is 1. The molecule has 2 aromatic rings. The predicted molar refractivity (Wildman–Crippen MR) is 88.6 cm³/mol. The van der Waals surface area contributed by atoms with E-state index in [-0.39, 0.29) is 6.04 Å². The van der Waals surface area contributed by atoms with Crippen molar-refractivity contribution in [3.8, 4) is 5.75 Å². The van der Waals surface area contributed by atoms with Crippen molar-refractivity contribution in [2.75, 3.05) is 7.11 Å². The van der Waals surface area contributed by atoms with E-state index < -0.39 is 0 Å². The van der Waals surface area contributed by atoms with Gasteiger partial charge in [0.1, 0.15) is 5.75 Å². The second kappa shape index (κ2) is 7.22. The molecule has 2 rings (SSSR count). The van der Waals surface area contributed by atoms with Gasteiger partial charge >= 0.3 is 0 Å². The predicted octanol–water partition coefficient (Wildman–Crippen LogP) is 3.97. The molecule has 0 aliphatic heterocycles. The average Bonchev–Trinajstić information content (AvgIpc) is 2.48. The van der Waals surface area contributed by atoms with Crippen molar-refractivity contribution in [2.24, 2.45) is 5.84 Å². The van der Waals surface area contributed by atoms with Gasteiger partial charge in [-0.2, -0.15) is 0 Å². The Balaban J connectivity index is 2.31. The number of methoxy groups -OCH3 is 1. The highest BCUT2D eigenvalue weighted by atomic mass is 79.9. The molecule has 1 atom stereocenters. The Hall–Kier alpha value is -0.880. The molecule has 5 heteroatoms. The number of halogens is 2. The lowest BCUT2D eigenvalue weighted by Gasteiger charge is -2.19. The SMILES string of the molecule is COc1ccccc1CC(NN)c1cc(Br)ccc1Br. The molecular weight excluding hydrogens is 384 g/mol. The first-order valence-electron chi connectivity index (χ1n) is 6.18. The zero-order valence-electron chi connectivity index (χ0n) is 11.1. The van der Waals surface area contributed by atoms with Crippen molar-refractivity contribution in [1.82, 2.24) is 5.43 Å². The largest absolute Gasteiger partial charge is 0.496 e. The van der Waals surface area contributed by atoms with E-state index in [1.54, 1.807) is 7.11 Å². The molecule has 0 fully saturated rings. The number of ether oxygens (including phenoxy) is 1. The summed E-state index contributed by atoms with van der Waals surface area (Å²) in [5.74, 6) is 6.61. The van der Waals surface area contributed by atoms with Crippen LogP contribution in [0.25, 0.3) is 0 Å². The molecule has 0 aromatic heterocycles. The fourth-order valence-electron chi connectivity index (χ4n) is 2.13. The molecule has 0 bridgehead atoms. The Morgan fingerprint density at radius 1 is 1.20 bits per heavy atom. The topological polar surface area (TPSA) is 47.3 Å². The summed E-state index contributed by atoms with van der Waals surface area (Å²) in [4.78, 5) is 0. The van der Waals surface area contributed by atoms with Crippen molar-refractivity contribution in [1.29, 1.82) is 0 Å². The standard InChI is InChI=1S/C15H16Br2N2O/c1-20-15-5-3-2-4-10(15)8-14(19-18)12-9-11(16)6-7-13(12)17/h2-7,9,14,19H,8,18H2,1H3. The molecule has 3 nitrogen and oxygen atoms in total. The van der Waals surface area contributed by atoms with Gasteiger partial charge in [0.15, 0.2) is 0 Å². The van der Waals surface area contributed by atoms with E-state index >= 15 is 0 Å². The number of hydrogen-bond acceptors (Lipinski definition) is 3. The zero-order chi connectivity index (χ0) is 14.5. The molecule has 0 saturated carbocycles. The van der Waals surface area contributed by atoms with Gasteiger partial charge in [-0.3, -0.25) is 11.3 Å². The summed E-state index contributed by atoms with van der Waals surface area (Å²) >= 11 is 7.07. The summed E-state index contributed by atoms with van der Waals surface area (Å²) < 4.78 is 7.44. The Bertz CT molecular complexity index is 590. The lowest BCUT2D eigenvalue weighted by molar-refractivity contribution is 0.405. The van der Waals surface area contributed by atoms with Crippen LogP contribution in [0.5, 0.6) is 5.75 Å². The van der Waals surface area contributed by atoms with Crippen LogP contribution in [0.15, 0.2) is 51.4 Å². The third-order valence-corrected chi connectivity index (χ3v) is 4.37. The highest BCUT2D eigenvalue weighted by molar-refractivity contribution is 9.11. The first kappa shape index (κ1) is 15.5. The summed E-state index contributed by atoms with van der Waals surface area (Å²) in [6, 6.07) is 14.0. The van der Waals surface area contributed by atoms with Crippen molar-refractivity contribution in [3.05, 3.63) is 62.5 Å². The smallest absolute Gasteiger partial charge is 0.122 e. The van der Waals surface area contributed by atoms with Crippen LogP contribution in [0.3, 0.4) is 0 Å². The molecule has 3 N–H and O–H groups in total. The summed E-state index contributed by atoms with van der Waals surface area (Å²) in [5, 5.41) is 0. The Morgan fingerprint density at radius 3 is 2.65 bits per heavy atom. The molecule has 106 valence electrons. The number of hydrogen-bond donors (Lipinski definition) is 2. The summed E-state index contributed by atoms with van der Waals surface area (Å²) in [5.41, 5.74) is 5.10. The van der Waals surface area contributed by atoms with Crippen molar-refractivity contribution in [3.63, 3.8) is 0 Å². The van der Waals surface area contributed by atoms with E-state index in [0.29, 0.717) is 0 Å². The molecule has 0 aliphatic rings. The molecule has 2 aromatic carbocycles. The van der Waals surface area contributed by atoms with Gasteiger partial charge in [-0.15, -0.1) is 0 Å². The van der Waals surface area contributed by atoms with Crippen LogP contribution >= 0.6 is 31.9 Å². The average molecular weight is 400 g/mol. The molecule has 0 aliphatic carbocycles. The highest BCUT2D eigenvalue weighted by Crippen LogP contribution is 2.30. The minimum absolute atomic E-state index is 0.00169. The second-order valence-electron chi connectivity index (χ2n) is 4.40. The van der Waals surface area contributed by atoms with Gasteiger partial charge in [0.25, 0.3) is 0 Å². The third-order valence-electron chi connectivity index (χ3n) is 3.15. The number of rotatable bonds is 5. The fourth-order valence-corrected chi connectivity index (χ4v) is 3.03. The maximum absolute atomic E-state index is 5.74. The van der Waals surface area contributed by atoms with Crippen LogP contribution in [0.2, 0.25) is 0 Å². The monoisotopic (exact) mass is 398 g/mol.